The second-order valence-corrected chi connectivity index (χ2v) is 16.1. The summed E-state index contributed by atoms with van der Waals surface area (Å²) in [5.41, 5.74) is -4.28. The van der Waals surface area contributed by atoms with E-state index in [1.807, 2.05) is 54.6 Å². The second-order valence-electron chi connectivity index (χ2n) is 14.9. The largest absolute Gasteiger partial charge is 0.504 e. The van der Waals surface area contributed by atoms with Crippen LogP contribution in [0.1, 0.15) is 63.4 Å². The predicted molar refractivity (Wildman–Crippen MR) is 207 cm³/mol. The number of hydrogen-bond acceptors (Lipinski definition) is 12. The standard InChI is InChI=1S/C44H46O11S/c1-26-33(53-35(47)21-18-29-16-19-32(20-17-29)56-31-14-10-7-11-15-31)24-44(51)40(54-41(50)30-12-8-6-9-13-30)37(27(2)38(48)39(49)36(26)42(44,4)5)43(55-28(3)46)25-52-34(43)22-23-45/h6-21,33-34,37,40,45,48,51H,22-25H2,1-5H3/b21-18+,38-27+/t33-,34+,37+,40-,43-,44+/m0/s1. The number of allylic oxidation sites excluding steroid dienone is 1. The summed E-state index contributed by atoms with van der Waals surface area (Å²) in [4.78, 5) is 56.7. The van der Waals surface area contributed by atoms with Crippen LogP contribution in [0.4, 0.5) is 0 Å². The first-order chi connectivity index (χ1) is 26.6. The number of hydrogen-bond donors (Lipinski definition) is 3. The van der Waals surface area contributed by atoms with E-state index in [-0.39, 0.29) is 42.8 Å². The van der Waals surface area contributed by atoms with E-state index in [0.29, 0.717) is 5.57 Å². The Morgan fingerprint density at radius 3 is 2.12 bits per heavy atom. The fourth-order valence-corrected chi connectivity index (χ4v) is 9.10. The number of rotatable bonds is 11. The number of ether oxygens (including phenoxy) is 4. The van der Waals surface area contributed by atoms with E-state index in [1.165, 1.54) is 32.1 Å². The van der Waals surface area contributed by atoms with Gasteiger partial charge in [-0.1, -0.05) is 74.1 Å². The zero-order valence-electron chi connectivity index (χ0n) is 31.9. The molecule has 1 aliphatic heterocycles. The molecule has 0 unspecified atom stereocenters. The van der Waals surface area contributed by atoms with Crippen LogP contribution in [-0.4, -0.2) is 81.7 Å². The van der Waals surface area contributed by atoms with Crippen molar-refractivity contribution in [3.8, 4) is 0 Å². The molecule has 0 spiro atoms. The molecule has 1 saturated heterocycles. The topological polar surface area (TPSA) is 166 Å². The summed E-state index contributed by atoms with van der Waals surface area (Å²) in [5.74, 6) is -5.24. The fourth-order valence-electron chi connectivity index (χ4n) is 8.26. The normalized spacial score (nSPS) is 28.5. The lowest BCUT2D eigenvalue weighted by Crippen LogP contribution is -2.73. The molecule has 0 aromatic heterocycles. The van der Waals surface area contributed by atoms with E-state index in [1.54, 1.807) is 56.8 Å². The number of aliphatic hydroxyl groups excluding tert-OH is 2. The summed E-state index contributed by atoms with van der Waals surface area (Å²) in [6.07, 6.45) is -1.33. The second kappa shape index (κ2) is 16.2. The minimum absolute atomic E-state index is 0.0147. The van der Waals surface area contributed by atoms with Crippen molar-refractivity contribution in [2.24, 2.45) is 11.3 Å². The third-order valence-corrected chi connectivity index (χ3v) is 12.2. The number of carbonyl (C=O) groups excluding carboxylic acids is 4. The van der Waals surface area contributed by atoms with Crippen LogP contribution in [0.2, 0.25) is 0 Å². The zero-order chi connectivity index (χ0) is 40.4. The Kier molecular flexibility index (Phi) is 11.8. The summed E-state index contributed by atoms with van der Waals surface area (Å²) < 4.78 is 24.1. The molecule has 12 heteroatoms. The summed E-state index contributed by atoms with van der Waals surface area (Å²) in [6.45, 7) is 6.79. The molecule has 0 saturated carbocycles. The van der Waals surface area contributed by atoms with Crippen LogP contribution in [0.25, 0.3) is 6.08 Å². The number of benzene rings is 3. The van der Waals surface area contributed by atoms with Gasteiger partial charge in [-0.2, -0.15) is 0 Å². The molecule has 294 valence electrons. The van der Waals surface area contributed by atoms with Gasteiger partial charge in [-0.3, -0.25) is 9.59 Å². The highest BCUT2D eigenvalue weighted by Gasteiger charge is 2.69. The number of Topliss-reactive ketones (excluding diaryl/α,β-unsaturated/α-hetero) is 1. The van der Waals surface area contributed by atoms with Crippen molar-refractivity contribution < 1.29 is 53.4 Å². The van der Waals surface area contributed by atoms with Crippen molar-refractivity contribution >= 4 is 41.5 Å². The lowest BCUT2D eigenvalue weighted by molar-refractivity contribution is -0.295. The Labute approximate surface area is 330 Å². The van der Waals surface area contributed by atoms with Crippen LogP contribution in [0, 0.1) is 11.3 Å². The van der Waals surface area contributed by atoms with Crippen molar-refractivity contribution in [3.63, 3.8) is 0 Å². The summed E-state index contributed by atoms with van der Waals surface area (Å²) >= 11 is 1.60. The van der Waals surface area contributed by atoms with Crippen molar-refractivity contribution in [3.05, 3.63) is 125 Å². The third kappa shape index (κ3) is 7.58. The zero-order valence-corrected chi connectivity index (χ0v) is 32.7. The summed E-state index contributed by atoms with van der Waals surface area (Å²) in [6, 6.07) is 25.6. The van der Waals surface area contributed by atoms with Crippen LogP contribution in [0.3, 0.4) is 0 Å². The van der Waals surface area contributed by atoms with Crippen LogP contribution in [-0.2, 0) is 33.3 Å². The molecule has 6 atom stereocenters. The van der Waals surface area contributed by atoms with Crippen molar-refractivity contribution in [2.45, 2.75) is 86.8 Å². The Morgan fingerprint density at radius 2 is 1.54 bits per heavy atom. The first-order valence-corrected chi connectivity index (χ1v) is 19.2. The quantitative estimate of drug-likeness (QED) is 0.109. The van der Waals surface area contributed by atoms with E-state index in [9.17, 15) is 34.5 Å². The van der Waals surface area contributed by atoms with Gasteiger partial charge < -0.3 is 34.3 Å². The third-order valence-electron chi connectivity index (χ3n) is 11.2. The highest BCUT2D eigenvalue weighted by molar-refractivity contribution is 7.99. The molecule has 1 fully saturated rings. The number of carbonyl (C=O) groups is 4. The summed E-state index contributed by atoms with van der Waals surface area (Å²) in [7, 11) is 0. The van der Waals surface area contributed by atoms with E-state index < -0.39 is 70.3 Å². The van der Waals surface area contributed by atoms with Gasteiger partial charge in [0.25, 0.3) is 0 Å². The lowest BCUT2D eigenvalue weighted by atomic mass is 9.53. The molecular weight excluding hydrogens is 737 g/mol. The molecule has 6 rings (SSSR count). The molecule has 3 aliphatic rings. The van der Waals surface area contributed by atoms with Crippen molar-refractivity contribution in [2.75, 3.05) is 13.2 Å². The van der Waals surface area contributed by atoms with Gasteiger partial charge in [-0.05, 0) is 73.0 Å². The van der Waals surface area contributed by atoms with Crippen LogP contribution < -0.4 is 0 Å². The molecular formula is C44H46O11S. The van der Waals surface area contributed by atoms with E-state index in [0.717, 1.165) is 15.4 Å². The first kappa shape index (κ1) is 40.6. The minimum Gasteiger partial charge on any atom is -0.504 e. The molecule has 0 amide bonds. The van der Waals surface area contributed by atoms with Gasteiger partial charge in [-0.25, -0.2) is 9.59 Å². The molecule has 0 radical (unpaired) electrons. The highest BCUT2D eigenvalue weighted by atomic mass is 32.2. The first-order valence-electron chi connectivity index (χ1n) is 18.4. The number of esters is 3. The van der Waals surface area contributed by atoms with Crippen molar-refractivity contribution in [1.29, 1.82) is 0 Å². The van der Waals surface area contributed by atoms with Crippen LogP contribution in [0.5, 0.6) is 0 Å². The maximum atomic E-state index is 14.4. The SMILES string of the molecule is CC(=O)O[C@@]1([C@@H]2/C(C)=C(/O)C(=O)C3=C(C)[C@@H](OC(=O)/C=C/c4ccc(Sc5ccccc5)cc4)C[C@@](O)([C@H]2OC(=O)c2ccccc2)C3(C)C)CO[C@@H]1CCO. The van der Waals surface area contributed by atoms with E-state index in [2.05, 4.69) is 0 Å². The van der Waals surface area contributed by atoms with Gasteiger partial charge in [0.2, 0.25) is 5.78 Å². The molecule has 11 nitrogen and oxygen atoms in total. The number of aliphatic hydroxyl groups is 3. The van der Waals surface area contributed by atoms with E-state index >= 15 is 0 Å². The maximum Gasteiger partial charge on any atom is 0.338 e. The molecule has 3 N–H and O–H groups in total. The van der Waals surface area contributed by atoms with Gasteiger partial charge in [0.05, 0.1) is 18.1 Å². The Bertz CT molecular complexity index is 2070. The summed E-state index contributed by atoms with van der Waals surface area (Å²) in [5, 5.41) is 35.0. The number of fused-ring (bicyclic) bond motifs is 2. The Balaban J connectivity index is 1.40. The molecule has 2 bridgehead atoms. The molecule has 3 aromatic rings. The molecule has 3 aromatic carbocycles. The Morgan fingerprint density at radius 1 is 0.911 bits per heavy atom. The average Bonchev–Trinajstić information content (AvgIpc) is 3.17. The number of ketones is 1. The van der Waals surface area contributed by atoms with Crippen molar-refractivity contribution in [1.82, 2.24) is 0 Å². The smallest absolute Gasteiger partial charge is 0.338 e. The van der Waals surface area contributed by atoms with E-state index in [4.69, 9.17) is 18.9 Å². The predicted octanol–water partition coefficient (Wildman–Crippen LogP) is 6.58. The molecule has 2 aliphatic carbocycles. The minimum atomic E-state index is -2.19. The maximum absolute atomic E-state index is 14.4. The fraction of sp³-hybridized carbons (Fsp3) is 0.364. The average molecular weight is 783 g/mol. The van der Waals surface area contributed by atoms with Gasteiger partial charge in [-0.15, -0.1) is 0 Å². The van der Waals surface area contributed by atoms with Crippen LogP contribution in [0.15, 0.2) is 123 Å². The molecule has 56 heavy (non-hydrogen) atoms. The molecule has 1 heterocycles. The van der Waals surface area contributed by atoms with Gasteiger partial charge in [0.1, 0.15) is 23.9 Å². The lowest BCUT2D eigenvalue weighted by Gasteiger charge is -2.60. The van der Waals surface area contributed by atoms with Crippen LogP contribution >= 0.6 is 11.8 Å². The Hall–Kier alpha value is -5.01. The van der Waals surface area contributed by atoms with Gasteiger partial charge in [0, 0.05) is 53.2 Å². The highest BCUT2D eigenvalue weighted by Crippen LogP contribution is 2.58. The van der Waals surface area contributed by atoms with Gasteiger partial charge in [0.15, 0.2) is 11.4 Å². The monoisotopic (exact) mass is 782 g/mol. The van der Waals surface area contributed by atoms with Gasteiger partial charge >= 0.3 is 17.9 Å².